The number of benzene rings is 2. The normalized spacial score (nSPS) is 19.8. The van der Waals surface area contributed by atoms with Crippen LogP contribution in [0.2, 0.25) is 12.6 Å². The van der Waals surface area contributed by atoms with Gasteiger partial charge in [-0.15, -0.1) is 0 Å². The van der Waals surface area contributed by atoms with Gasteiger partial charge in [0.25, 0.3) is 0 Å². The molecule has 2 N–H and O–H groups in total. The van der Waals surface area contributed by atoms with Crippen molar-refractivity contribution in [2.24, 2.45) is 0 Å². The molecule has 1 fully saturated rings. The predicted octanol–water partition coefficient (Wildman–Crippen LogP) is 1.60. The van der Waals surface area contributed by atoms with E-state index >= 15 is 0 Å². The van der Waals surface area contributed by atoms with Crippen LogP contribution in [0.5, 0.6) is 0 Å². The molecule has 0 amide bonds. The summed E-state index contributed by atoms with van der Waals surface area (Å²) in [4.78, 5) is 0. The molecule has 0 bridgehead atoms. The van der Waals surface area contributed by atoms with E-state index in [2.05, 4.69) is 72.5 Å². The van der Waals surface area contributed by atoms with E-state index in [0.717, 1.165) is 19.0 Å². The molecule has 21 heavy (non-hydrogen) atoms. The zero-order chi connectivity index (χ0) is 14.7. The van der Waals surface area contributed by atoms with E-state index in [1.807, 2.05) is 0 Å². The van der Waals surface area contributed by atoms with Crippen LogP contribution in [-0.2, 0) is 0 Å². The van der Waals surface area contributed by atoms with Gasteiger partial charge < -0.3 is 10.4 Å². The standard InChI is InChI=1S/C18H23NOSi/c1-21(15-8-4-2-5-9-15,16-10-6-3-7-11-16)14-18(20)17-12-13-19-17/h2-11,17-20H,12-14H2,1H3/t17-,18?/m0/s1. The SMILES string of the molecule is C[Si](CC(O)[C@@H]1CCN1)(c1ccccc1)c1ccccc1. The highest BCUT2D eigenvalue weighted by Crippen LogP contribution is 2.19. The van der Waals surface area contributed by atoms with Crippen molar-refractivity contribution in [3.63, 3.8) is 0 Å². The van der Waals surface area contributed by atoms with Crippen molar-refractivity contribution in [3.8, 4) is 0 Å². The van der Waals surface area contributed by atoms with Gasteiger partial charge in [0.1, 0.15) is 8.07 Å². The minimum absolute atomic E-state index is 0.254. The van der Waals surface area contributed by atoms with Crippen LogP contribution in [0.3, 0.4) is 0 Å². The first-order valence-corrected chi connectivity index (χ1v) is 10.4. The molecule has 3 rings (SSSR count). The molecule has 1 saturated heterocycles. The lowest BCUT2D eigenvalue weighted by Crippen LogP contribution is -2.61. The number of aliphatic hydroxyl groups is 1. The molecule has 1 aliphatic rings. The summed E-state index contributed by atoms with van der Waals surface area (Å²) in [6.07, 6.45) is 0.839. The molecule has 2 aromatic rings. The fourth-order valence-electron chi connectivity index (χ4n) is 3.21. The maximum absolute atomic E-state index is 10.6. The zero-order valence-corrected chi connectivity index (χ0v) is 13.5. The first-order chi connectivity index (χ1) is 10.2. The summed E-state index contributed by atoms with van der Waals surface area (Å²) < 4.78 is 0. The lowest BCUT2D eigenvalue weighted by Gasteiger charge is -2.37. The van der Waals surface area contributed by atoms with Crippen molar-refractivity contribution in [3.05, 3.63) is 60.7 Å². The Labute approximate surface area is 127 Å². The summed E-state index contributed by atoms with van der Waals surface area (Å²) in [7, 11) is -1.90. The minimum Gasteiger partial charge on any atom is -0.392 e. The lowest BCUT2D eigenvalue weighted by atomic mass is 10.0. The Bertz CT molecular complexity index is 529. The number of hydrogen-bond acceptors (Lipinski definition) is 2. The van der Waals surface area contributed by atoms with Crippen LogP contribution in [0.15, 0.2) is 60.7 Å². The molecule has 1 unspecified atom stereocenters. The maximum atomic E-state index is 10.6. The summed E-state index contributed by atoms with van der Waals surface area (Å²) in [5.74, 6) is 0. The van der Waals surface area contributed by atoms with E-state index in [1.54, 1.807) is 0 Å². The first kappa shape index (κ1) is 14.5. The van der Waals surface area contributed by atoms with E-state index in [4.69, 9.17) is 0 Å². The van der Waals surface area contributed by atoms with Gasteiger partial charge in [0, 0.05) is 6.04 Å². The molecule has 2 nitrogen and oxygen atoms in total. The number of aliphatic hydroxyl groups excluding tert-OH is 1. The van der Waals surface area contributed by atoms with Crippen LogP contribution in [-0.4, -0.2) is 31.9 Å². The van der Waals surface area contributed by atoms with Crippen LogP contribution < -0.4 is 15.7 Å². The van der Waals surface area contributed by atoms with Gasteiger partial charge >= 0.3 is 0 Å². The molecule has 0 saturated carbocycles. The molecule has 0 spiro atoms. The van der Waals surface area contributed by atoms with E-state index in [0.29, 0.717) is 0 Å². The Hall–Kier alpha value is -1.42. The van der Waals surface area contributed by atoms with Crippen LogP contribution in [0.4, 0.5) is 0 Å². The van der Waals surface area contributed by atoms with Crippen molar-refractivity contribution < 1.29 is 5.11 Å². The summed E-state index contributed by atoms with van der Waals surface area (Å²) in [5.41, 5.74) is 0. The van der Waals surface area contributed by atoms with Crippen LogP contribution in [0.1, 0.15) is 6.42 Å². The van der Waals surface area contributed by atoms with Gasteiger partial charge in [0.15, 0.2) is 0 Å². The highest BCUT2D eigenvalue weighted by Gasteiger charge is 2.37. The molecule has 0 aliphatic carbocycles. The lowest BCUT2D eigenvalue weighted by molar-refractivity contribution is 0.111. The second kappa shape index (κ2) is 6.14. The molecule has 3 heteroatoms. The molecule has 1 aliphatic heterocycles. The van der Waals surface area contributed by atoms with Crippen LogP contribution in [0, 0.1) is 0 Å². The molecule has 0 radical (unpaired) electrons. The van der Waals surface area contributed by atoms with Crippen LogP contribution >= 0.6 is 0 Å². The minimum atomic E-state index is -1.90. The summed E-state index contributed by atoms with van der Waals surface area (Å²) >= 11 is 0. The highest BCUT2D eigenvalue weighted by atomic mass is 28.3. The van der Waals surface area contributed by atoms with Gasteiger partial charge in [-0.2, -0.15) is 0 Å². The second-order valence-electron chi connectivity index (χ2n) is 6.18. The number of rotatable bonds is 5. The van der Waals surface area contributed by atoms with Gasteiger partial charge in [0.2, 0.25) is 0 Å². The van der Waals surface area contributed by atoms with E-state index < -0.39 is 8.07 Å². The van der Waals surface area contributed by atoms with Crippen molar-refractivity contribution in [2.45, 2.75) is 31.2 Å². The Morgan fingerprint density at radius 3 is 1.90 bits per heavy atom. The second-order valence-corrected chi connectivity index (χ2v) is 10.4. The van der Waals surface area contributed by atoms with Crippen molar-refractivity contribution in [2.75, 3.05) is 6.54 Å². The average molecular weight is 297 g/mol. The van der Waals surface area contributed by atoms with Gasteiger partial charge in [-0.3, -0.25) is 0 Å². The Morgan fingerprint density at radius 1 is 1.05 bits per heavy atom. The summed E-state index contributed by atoms with van der Waals surface area (Å²) in [6, 6.07) is 22.6. The molecule has 1 heterocycles. The quantitative estimate of drug-likeness (QED) is 0.822. The van der Waals surface area contributed by atoms with E-state index in [9.17, 15) is 5.11 Å². The zero-order valence-electron chi connectivity index (χ0n) is 12.5. The molecular weight excluding hydrogens is 274 g/mol. The third-order valence-electron chi connectivity index (χ3n) is 4.77. The third-order valence-corrected chi connectivity index (χ3v) is 9.22. The molecule has 110 valence electrons. The Balaban J connectivity index is 1.94. The molecule has 0 aromatic heterocycles. The van der Waals surface area contributed by atoms with Crippen molar-refractivity contribution in [1.82, 2.24) is 5.32 Å². The average Bonchev–Trinajstić information content (AvgIpc) is 2.47. The Morgan fingerprint density at radius 2 is 1.52 bits per heavy atom. The molecule has 2 atom stereocenters. The fourth-order valence-corrected chi connectivity index (χ4v) is 7.00. The maximum Gasteiger partial charge on any atom is 0.117 e. The van der Waals surface area contributed by atoms with E-state index in [-0.39, 0.29) is 12.1 Å². The fraction of sp³-hybridized carbons (Fsp3) is 0.333. The van der Waals surface area contributed by atoms with Crippen molar-refractivity contribution >= 4 is 18.4 Å². The molecular formula is C18H23NOSi. The van der Waals surface area contributed by atoms with Gasteiger partial charge in [-0.1, -0.05) is 77.6 Å². The van der Waals surface area contributed by atoms with Gasteiger partial charge in [-0.25, -0.2) is 0 Å². The smallest absolute Gasteiger partial charge is 0.117 e. The molecule has 2 aromatic carbocycles. The first-order valence-electron chi connectivity index (χ1n) is 7.73. The van der Waals surface area contributed by atoms with Crippen molar-refractivity contribution in [1.29, 1.82) is 0 Å². The van der Waals surface area contributed by atoms with E-state index in [1.165, 1.54) is 10.4 Å². The number of hydrogen-bond donors (Lipinski definition) is 2. The monoisotopic (exact) mass is 297 g/mol. The number of nitrogens with one attached hydrogen (secondary N) is 1. The van der Waals surface area contributed by atoms with Crippen LogP contribution in [0.25, 0.3) is 0 Å². The third kappa shape index (κ3) is 2.95. The Kier molecular flexibility index (Phi) is 4.24. The largest absolute Gasteiger partial charge is 0.392 e. The summed E-state index contributed by atoms with van der Waals surface area (Å²) in [6.45, 7) is 3.41. The van der Waals surface area contributed by atoms with Gasteiger partial charge in [0.05, 0.1) is 6.10 Å². The predicted molar refractivity (Wildman–Crippen MR) is 91.0 cm³/mol. The highest BCUT2D eigenvalue weighted by molar-refractivity contribution is 7.01. The summed E-state index contributed by atoms with van der Waals surface area (Å²) in [5, 5.41) is 16.7. The van der Waals surface area contributed by atoms with Gasteiger partial charge in [-0.05, 0) is 19.0 Å². The topological polar surface area (TPSA) is 32.3 Å².